The average Bonchev–Trinajstić information content (AvgIpc) is 3.26. The number of aliphatic hydroxyl groups is 2. The maximum absolute atomic E-state index is 12.3. The van der Waals surface area contributed by atoms with Crippen molar-refractivity contribution in [1.29, 1.82) is 0 Å². The molecule has 2 aliphatic rings. The summed E-state index contributed by atoms with van der Waals surface area (Å²) >= 11 is 0. The molecule has 0 unspecified atom stereocenters. The van der Waals surface area contributed by atoms with Crippen LogP contribution in [0.3, 0.4) is 0 Å². The number of carbonyl (C=O) groups is 4. The van der Waals surface area contributed by atoms with Gasteiger partial charge < -0.3 is 30.3 Å². The number of imide groups is 2. The van der Waals surface area contributed by atoms with Crippen LogP contribution in [0.25, 0.3) is 0 Å². The van der Waals surface area contributed by atoms with E-state index in [1.54, 1.807) is 52.0 Å². The van der Waals surface area contributed by atoms with Crippen molar-refractivity contribution in [1.82, 2.24) is 20.4 Å². The number of benzene rings is 2. The standard InChI is InChI=1S/C31H40N4O8/c1-29(2,19-7-11-23(12-8-19)42-17-21(36)15-34-25(38)30(3,4)32-27(34)40)20-9-13-24(14-10-20)43-18-22(37)16-35-26(39)31(5,6)33-28(35)41/h7-14,21-22,36-37H,15-18H2,1-6H3,(H,32,40)(H,33,41)/t21-,22-/m1/s1. The van der Waals surface area contributed by atoms with Gasteiger partial charge in [-0.15, -0.1) is 0 Å². The lowest BCUT2D eigenvalue weighted by molar-refractivity contribution is -0.132. The molecule has 6 amide bonds. The maximum atomic E-state index is 12.3. The maximum Gasteiger partial charge on any atom is 0.325 e. The summed E-state index contributed by atoms with van der Waals surface area (Å²) in [7, 11) is 0. The summed E-state index contributed by atoms with van der Waals surface area (Å²) in [4.78, 5) is 50.7. The molecule has 2 aliphatic heterocycles. The van der Waals surface area contributed by atoms with Crippen molar-refractivity contribution in [3.63, 3.8) is 0 Å². The van der Waals surface area contributed by atoms with E-state index in [4.69, 9.17) is 9.47 Å². The average molecular weight is 597 g/mol. The Morgan fingerprint density at radius 1 is 0.674 bits per heavy atom. The Labute approximate surface area is 250 Å². The van der Waals surface area contributed by atoms with Crippen LogP contribution >= 0.6 is 0 Å². The zero-order valence-corrected chi connectivity index (χ0v) is 25.3. The molecular formula is C31H40N4O8. The number of urea groups is 2. The van der Waals surface area contributed by atoms with Crippen LogP contribution in [0.1, 0.15) is 52.7 Å². The second kappa shape index (κ2) is 11.8. The largest absolute Gasteiger partial charge is 0.491 e. The molecule has 0 radical (unpaired) electrons. The third-order valence-corrected chi connectivity index (χ3v) is 7.71. The molecule has 0 aromatic heterocycles. The molecule has 12 nitrogen and oxygen atoms in total. The number of hydrogen-bond acceptors (Lipinski definition) is 8. The van der Waals surface area contributed by atoms with E-state index in [1.807, 2.05) is 24.3 Å². The fraction of sp³-hybridized carbons (Fsp3) is 0.484. The van der Waals surface area contributed by atoms with Crippen LogP contribution < -0.4 is 20.1 Å². The summed E-state index contributed by atoms with van der Waals surface area (Å²) in [5, 5.41) is 25.9. The molecule has 232 valence electrons. The summed E-state index contributed by atoms with van der Waals surface area (Å²) in [5.74, 6) is 0.288. The number of ether oxygens (including phenoxy) is 2. The van der Waals surface area contributed by atoms with Crippen molar-refractivity contribution >= 4 is 23.9 Å². The van der Waals surface area contributed by atoms with Crippen LogP contribution in [0, 0.1) is 0 Å². The second-order valence-electron chi connectivity index (χ2n) is 12.5. The van der Waals surface area contributed by atoms with E-state index in [2.05, 4.69) is 24.5 Å². The molecule has 4 rings (SSSR count). The van der Waals surface area contributed by atoms with Crippen LogP contribution in [-0.4, -0.2) is 93.5 Å². The number of nitrogens with zero attached hydrogens (tertiary/aromatic N) is 2. The molecule has 12 heteroatoms. The Balaban J connectivity index is 1.27. The normalized spacial score (nSPS) is 19.3. The fourth-order valence-corrected chi connectivity index (χ4v) is 4.98. The molecule has 0 saturated carbocycles. The number of carbonyl (C=O) groups excluding carboxylic acids is 4. The van der Waals surface area contributed by atoms with Crippen molar-refractivity contribution in [2.24, 2.45) is 0 Å². The Kier molecular flexibility index (Phi) is 8.75. The highest BCUT2D eigenvalue weighted by atomic mass is 16.5. The molecule has 43 heavy (non-hydrogen) atoms. The highest BCUT2D eigenvalue weighted by Crippen LogP contribution is 2.33. The number of rotatable bonds is 12. The molecule has 0 aliphatic carbocycles. The molecule has 2 fully saturated rings. The SMILES string of the molecule is CC1(C)NC(=O)N(C[C@@H](O)COc2ccc(C(C)(C)c3ccc(OC[C@H](O)CN4C(=O)NC(C)(C)C4=O)cc3)cc2)C1=O. The summed E-state index contributed by atoms with van der Waals surface area (Å²) in [6, 6.07) is 13.8. The molecule has 2 atom stereocenters. The van der Waals surface area contributed by atoms with Gasteiger partial charge in [0.1, 0.15) is 48.0 Å². The molecule has 2 saturated heterocycles. The van der Waals surface area contributed by atoms with E-state index < -0.39 is 47.2 Å². The summed E-state index contributed by atoms with van der Waals surface area (Å²) in [6.45, 7) is 10.1. The van der Waals surface area contributed by atoms with E-state index >= 15 is 0 Å². The zero-order valence-electron chi connectivity index (χ0n) is 25.3. The van der Waals surface area contributed by atoms with Gasteiger partial charge >= 0.3 is 12.1 Å². The van der Waals surface area contributed by atoms with Crippen LogP contribution in [-0.2, 0) is 15.0 Å². The first-order valence-electron chi connectivity index (χ1n) is 14.1. The molecule has 0 bridgehead atoms. The van der Waals surface area contributed by atoms with E-state index in [-0.39, 0.29) is 31.7 Å². The van der Waals surface area contributed by atoms with Gasteiger partial charge in [-0.25, -0.2) is 9.59 Å². The molecule has 0 spiro atoms. The van der Waals surface area contributed by atoms with E-state index in [0.717, 1.165) is 20.9 Å². The smallest absolute Gasteiger partial charge is 0.325 e. The van der Waals surface area contributed by atoms with Gasteiger partial charge in [-0.3, -0.25) is 19.4 Å². The van der Waals surface area contributed by atoms with Gasteiger partial charge in [0.15, 0.2) is 0 Å². The summed E-state index contributed by atoms with van der Waals surface area (Å²) in [6.07, 6.45) is -2.09. The third kappa shape index (κ3) is 6.91. The van der Waals surface area contributed by atoms with Crippen LogP contribution in [0.4, 0.5) is 9.59 Å². The molecule has 4 N–H and O–H groups in total. The Morgan fingerprint density at radius 2 is 1.00 bits per heavy atom. The quantitative estimate of drug-likeness (QED) is 0.272. The van der Waals surface area contributed by atoms with Crippen molar-refractivity contribution in [3.05, 3.63) is 59.7 Å². The van der Waals surface area contributed by atoms with Gasteiger partial charge in [-0.05, 0) is 63.1 Å². The van der Waals surface area contributed by atoms with Crippen LogP contribution in [0.15, 0.2) is 48.5 Å². The van der Waals surface area contributed by atoms with Gasteiger partial charge in [0.2, 0.25) is 0 Å². The van der Waals surface area contributed by atoms with Gasteiger partial charge in [0.05, 0.1) is 13.1 Å². The Bertz CT molecular complexity index is 1270. The first-order valence-corrected chi connectivity index (χ1v) is 14.1. The van der Waals surface area contributed by atoms with Crippen LogP contribution in [0.2, 0.25) is 0 Å². The molecule has 2 heterocycles. The highest BCUT2D eigenvalue weighted by molar-refractivity contribution is 6.07. The predicted molar refractivity (Wildman–Crippen MR) is 157 cm³/mol. The molecular weight excluding hydrogens is 556 g/mol. The lowest BCUT2D eigenvalue weighted by atomic mass is 9.78. The topological polar surface area (TPSA) is 158 Å². The van der Waals surface area contributed by atoms with Crippen LogP contribution in [0.5, 0.6) is 11.5 Å². The predicted octanol–water partition coefficient (Wildman–Crippen LogP) is 2.15. The van der Waals surface area contributed by atoms with Gasteiger partial charge in [0, 0.05) is 5.41 Å². The fourth-order valence-electron chi connectivity index (χ4n) is 4.98. The minimum atomic E-state index is -1.05. The van der Waals surface area contributed by atoms with Gasteiger partial charge in [-0.1, -0.05) is 38.1 Å². The number of nitrogens with one attached hydrogen (secondary N) is 2. The monoisotopic (exact) mass is 596 g/mol. The highest BCUT2D eigenvalue weighted by Gasteiger charge is 2.45. The second-order valence-corrected chi connectivity index (χ2v) is 12.5. The molecule has 2 aromatic carbocycles. The Hall–Kier alpha value is -4.16. The van der Waals surface area contributed by atoms with E-state index in [0.29, 0.717) is 11.5 Å². The van der Waals surface area contributed by atoms with Gasteiger partial charge in [0.25, 0.3) is 11.8 Å². The number of hydrogen-bond donors (Lipinski definition) is 4. The lowest BCUT2D eigenvalue weighted by Gasteiger charge is -2.27. The van der Waals surface area contributed by atoms with Crippen molar-refractivity contribution in [2.75, 3.05) is 26.3 Å². The van der Waals surface area contributed by atoms with E-state index in [1.165, 1.54) is 0 Å². The van der Waals surface area contributed by atoms with Crippen molar-refractivity contribution in [3.8, 4) is 11.5 Å². The first-order chi connectivity index (χ1) is 20.0. The zero-order chi connectivity index (χ0) is 31.7. The molecule has 2 aromatic rings. The first kappa shape index (κ1) is 31.8. The van der Waals surface area contributed by atoms with Crippen molar-refractivity contribution < 1.29 is 38.9 Å². The third-order valence-electron chi connectivity index (χ3n) is 7.71. The number of aliphatic hydroxyl groups excluding tert-OH is 2. The summed E-state index contributed by atoms with van der Waals surface area (Å²) in [5.41, 5.74) is -0.331. The lowest BCUT2D eigenvalue weighted by Crippen LogP contribution is -2.42. The number of β-amino-alcohol motifs (C(OH)–C–C–N with tert-alkyl or cyclic N) is 2. The minimum absolute atomic E-state index is 0.0874. The Morgan fingerprint density at radius 3 is 1.28 bits per heavy atom. The van der Waals surface area contributed by atoms with Crippen molar-refractivity contribution in [2.45, 2.75) is 70.2 Å². The van der Waals surface area contributed by atoms with Gasteiger partial charge in [-0.2, -0.15) is 0 Å². The number of amides is 6. The minimum Gasteiger partial charge on any atom is -0.491 e. The summed E-state index contributed by atoms with van der Waals surface area (Å²) < 4.78 is 11.4. The van der Waals surface area contributed by atoms with E-state index in [9.17, 15) is 29.4 Å².